The fourth-order valence-electron chi connectivity index (χ4n) is 2.96. The highest BCUT2D eigenvalue weighted by atomic mass is 16.6. The number of para-hydroxylation sites is 1. The van der Waals surface area contributed by atoms with Crippen molar-refractivity contribution in [3.8, 4) is 0 Å². The van der Waals surface area contributed by atoms with Gasteiger partial charge in [0.15, 0.2) is 0 Å². The molecule has 0 aliphatic carbocycles. The van der Waals surface area contributed by atoms with Gasteiger partial charge >= 0.3 is 0 Å². The van der Waals surface area contributed by atoms with Crippen LogP contribution in [-0.2, 0) is 4.79 Å². The molecule has 0 aromatic heterocycles. The minimum atomic E-state index is -0.566. The molecule has 1 saturated heterocycles. The summed E-state index contributed by atoms with van der Waals surface area (Å²) in [6.45, 7) is 0.532. The highest BCUT2D eigenvalue weighted by molar-refractivity contribution is 6.01. The molecule has 8 nitrogen and oxygen atoms in total. The molecule has 1 unspecified atom stereocenters. The van der Waals surface area contributed by atoms with Crippen molar-refractivity contribution in [3.63, 3.8) is 0 Å². The van der Waals surface area contributed by atoms with Crippen LogP contribution in [0.1, 0.15) is 16.8 Å². The second-order valence-electron chi connectivity index (χ2n) is 5.88. The minimum absolute atomic E-state index is 0.138. The summed E-state index contributed by atoms with van der Waals surface area (Å²) in [5.41, 5.74) is 0.965. The van der Waals surface area contributed by atoms with Gasteiger partial charge in [0.1, 0.15) is 11.7 Å². The highest BCUT2D eigenvalue weighted by Gasteiger charge is 2.33. The number of nitrogens with one attached hydrogen (secondary N) is 2. The monoisotopic (exact) mass is 354 g/mol. The molecule has 0 spiro atoms. The molecule has 134 valence electrons. The van der Waals surface area contributed by atoms with Crippen LogP contribution in [0.2, 0.25) is 0 Å². The Morgan fingerprint density at radius 2 is 1.96 bits per heavy atom. The number of nitrogens with zero attached hydrogens (tertiary/aromatic N) is 2. The molecule has 0 bridgehead atoms. The van der Waals surface area contributed by atoms with Gasteiger partial charge in [-0.25, -0.2) is 0 Å². The van der Waals surface area contributed by atoms with Gasteiger partial charge in [-0.3, -0.25) is 19.7 Å². The van der Waals surface area contributed by atoms with Crippen LogP contribution in [0.3, 0.4) is 0 Å². The number of nitro benzene ring substituents is 1. The number of carbonyl (C=O) groups is 2. The predicted octanol–water partition coefficient (Wildman–Crippen LogP) is 2.17. The molecule has 3 rings (SSSR count). The third-order valence-electron chi connectivity index (χ3n) is 4.29. The number of rotatable bonds is 5. The number of carbonyl (C=O) groups excluding carboxylic acids is 2. The first-order valence-corrected chi connectivity index (χ1v) is 8.14. The zero-order valence-electron chi connectivity index (χ0n) is 14.1. The van der Waals surface area contributed by atoms with Gasteiger partial charge in [-0.1, -0.05) is 18.2 Å². The lowest BCUT2D eigenvalue weighted by Gasteiger charge is -2.17. The topological polar surface area (TPSA) is 105 Å². The lowest BCUT2D eigenvalue weighted by molar-refractivity contribution is -0.384. The fourth-order valence-corrected chi connectivity index (χ4v) is 2.96. The Labute approximate surface area is 150 Å². The smallest absolute Gasteiger partial charge is 0.293 e. The third kappa shape index (κ3) is 3.34. The van der Waals surface area contributed by atoms with Crippen molar-refractivity contribution in [2.24, 2.45) is 0 Å². The molecule has 1 aliphatic rings. The van der Waals surface area contributed by atoms with Gasteiger partial charge in [-0.05, 0) is 30.7 Å². The van der Waals surface area contributed by atoms with E-state index in [9.17, 15) is 19.7 Å². The third-order valence-corrected chi connectivity index (χ3v) is 4.29. The predicted molar refractivity (Wildman–Crippen MR) is 97.3 cm³/mol. The molecule has 0 saturated carbocycles. The van der Waals surface area contributed by atoms with Crippen LogP contribution < -0.4 is 15.5 Å². The lowest BCUT2D eigenvalue weighted by Crippen LogP contribution is -2.33. The first-order chi connectivity index (χ1) is 12.5. The van der Waals surface area contributed by atoms with E-state index in [-0.39, 0.29) is 22.8 Å². The van der Waals surface area contributed by atoms with Crippen LogP contribution in [0.15, 0.2) is 48.5 Å². The summed E-state index contributed by atoms with van der Waals surface area (Å²) >= 11 is 0. The fraction of sp³-hybridized carbons (Fsp3) is 0.222. The maximum absolute atomic E-state index is 12.6. The Kier molecular flexibility index (Phi) is 4.83. The average Bonchev–Trinajstić information content (AvgIpc) is 3.02. The van der Waals surface area contributed by atoms with Crippen molar-refractivity contribution in [2.45, 2.75) is 12.5 Å². The second kappa shape index (κ2) is 7.22. The average molecular weight is 354 g/mol. The first kappa shape index (κ1) is 17.4. The SMILES string of the molecule is CNC(=O)c1ccc(NC2CCN(c3ccccc3)C2=O)c([N+](=O)[O-])c1. The van der Waals surface area contributed by atoms with Crippen molar-refractivity contribution >= 4 is 28.9 Å². The summed E-state index contributed by atoms with van der Waals surface area (Å²) in [5, 5.41) is 16.8. The summed E-state index contributed by atoms with van der Waals surface area (Å²) in [5.74, 6) is -0.548. The molecule has 1 fully saturated rings. The summed E-state index contributed by atoms with van der Waals surface area (Å²) in [6.07, 6.45) is 0.530. The maximum atomic E-state index is 12.6. The molecule has 2 amide bonds. The van der Waals surface area contributed by atoms with Crippen molar-refractivity contribution < 1.29 is 14.5 Å². The molecular weight excluding hydrogens is 336 g/mol. The van der Waals surface area contributed by atoms with Crippen molar-refractivity contribution in [1.29, 1.82) is 0 Å². The highest BCUT2D eigenvalue weighted by Crippen LogP contribution is 2.29. The Bertz CT molecular complexity index is 854. The van der Waals surface area contributed by atoms with Gasteiger partial charge < -0.3 is 15.5 Å². The van der Waals surface area contributed by atoms with Crippen molar-refractivity contribution in [2.75, 3.05) is 23.8 Å². The van der Waals surface area contributed by atoms with E-state index in [1.54, 1.807) is 4.90 Å². The Morgan fingerprint density at radius 1 is 1.23 bits per heavy atom. The molecule has 2 N–H and O–H groups in total. The number of amides is 2. The van der Waals surface area contributed by atoms with Gasteiger partial charge in [0.25, 0.3) is 11.6 Å². The largest absolute Gasteiger partial charge is 0.368 e. The standard InChI is InChI=1S/C18H18N4O4/c1-19-17(23)12-7-8-14(16(11-12)22(25)26)20-15-9-10-21(18(15)24)13-5-3-2-4-6-13/h2-8,11,15,20H,9-10H2,1H3,(H,19,23). The molecule has 1 heterocycles. The molecular formula is C18H18N4O4. The minimum Gasteiger partial charge on any atom is -0.368 e. The van der Waals surface area contributed by atoms with E-state index in [1.807, 2.05) is 30.3 Å². The molecule has 2 aromatic rings. The van der Waals surface area contributed by atoms with Crippen molar-refractivity contribution in [3.05, 3.63) is 64.2 Å². The first-order valence-electron chi connectivity index (χ1n) is 8.14. The van der Waals surface area contributed by atoms with Gasteiger partial charge in [-0.2, -0.15) is 0 Å². The van der Waals surface area contributed by atoms with E-state index < -0.39 is 16.9 Å². The van der Waals surface area contributed by atoms with Crippen LogP contribution in [0.5, 0.6) is 0 Å². The van der Waals surface area contributed by atoms with E-state index in [2.05, 4.69) is 10.6 Å². The van der Waals surface area contributed by atoms with Crippen LogP contribution in [-0.4, -0.2) is 36.4 Å². The zero-order chi connectivity index (χ0) is 18.7. The summed E-state index contributed by atoms with van der Waals surface area (Å²) in [6, 6.07) is 12.9. The summed E-state index contributed by atoms with van der Waals surface area (Å²) < 4.78 is 0. The normalized spacial score (nSPS) is 16.4. The van der Waals surface area contributed by atoms with Gasteiger partial charge in [-0.15, -0.1) is 0 Å². The van der Waals surface area contributed by atoms with Gasteiger partial charge in [0, 0.05) is 30.9 Å². The molecule has 2 aromatic carbocycles. The number of hydrogen-bond acceptors (Lipinski definition) is 5. The Morgan fingerprint density at radius 3 is 2.62 bits per heavy atom. The second-order valence-corrected chi connectivity index (χ2v) is 5.88. The van der Waals surface area contributed by atoms with Crippen molar-refractivity contribution in [1.82, 2.24) is 5.32 Å². The summed E-state index contributed by atoms with van der Waals surface area (Å²) in [4.78, 5) is 36.8. The molecule has 1 atom stereocenters. The van der Waals surface area contributed by atoms with E-state index >= 15 is 0 Å². The number of hydrogen-bond donors (Lipinski definition) is 2. The number of anilines is 2. The van der Waals surface area contributed by atoms with E-state index in [0.717, 1.165) is 5.69 Å². The Hall–Kier alpha value is -3.42. The maximum Gasteiger partial charge on any atom is 0.293 e. The van der Waals surface area contributed by atoms with Crippen LogP contribution in [0.25, 0.3) is 0 Å². The van der Waals surface area contributed by atoms with E-state index in [4.69, 9.17) is 0 Å². The summed E-state index contributed by atoms with van der Waals surface area (Å²) in [7, 11) is 1.45. The molecule has 0 radical (unpaired) electrons. The number of nitro groups is 1. The molecule has 1 aliphatic heterocycles. The van der Waals surface area contributed by atoms with Crippen LogP contribution >= 0.6 is 0 Å². The molecule has 26 heavy (non-hydrogen) atoms. The van der Waals surface area contributed by atoms with Gasteiger partial charge in [0.2, 0.25) is 5.91 Å². The molecule has 8 heteroatoms. The Balaban J connectivity index is 1.82. The van der Waals surface area contributed by atoms with E-state index in [0.29, 0.717) is 13.0 Å². The lowest BCUT2D eigenvalue weighted by atomic mass is 10.1. The number of benzene rings is 2. The van der Waals surface area contributed by atoms with Gasteiger partial charge in [0.05, 0.1) is 4.92 Å². The quantitative estimate of drug-likeness (QED) is 0.632. The van der Waals surface area contributed by atoms with E-state index in [1.165, 1.54) is 25.2 Å². The zero-order valence-corrected chi connectivity index (χ0v) is 14.1. The van der Waals surface area contributed by atoms with Crippen LogP contribution in [0.4, 0.5) is 17.1 Å². The van der Waals surface area contributed by atoms with Crippen LogP contribution in [0, 0.1) is 10.1 Å².